The Morgan fingerprint density at radius 2 is 1.84 bits per heavy atom. The largest absolute Gasteiger partial charge is 0.394 e. The molecular formula is C24H32ClN3O4. The van der Waals surface area contributed by atoms with Gasteiger partial charge in [-0.2, -0.15) is 0 Å². The standard InChI is InChI=1S/C24H32ClN3O4/c1-4-6-14-7-12-18-20(19(14)22(30)26-3)24(32)28(17(5-2)13-29)21(18)23(31)27-16-10-8-15(25)9-11-16/h7-12,14,17-21,29H,4-6,13H2,1-3H3,(H,26,30)(H,27,31)/t14-,17+,18+,19-,20+,21+/m1/s1. The zero-order valence-corrected chi connectivity index (χ0v) is 19.5. The van der Waals surface area contributed by atoms with Gasteiger partial charge in [-0.3, -0.25) is 14.4 Å². The van der Waals surface area contributed by atoms with Gasteiger partial charge in [0, 0.05) is 23.7 Å². The van der Waals surface area contributed by atoms with E-state index in [0.29, 0.717) is 17.1 Å². The fourth-order valence-electron chi connectivity index (χ4n) is 5.14. The maximum atomic E-state index is 13.7. The first-order valence-corrected chi connectivity index (χ1v) is 11.6. The number of anilines is 1. The number of allylic oxidation sites excluding steroid dienone is 1. The molecule has 8 heteroatoms. The summed E-state index contributed by atoms with van der Waals surface area (Å²) >= 11 is 5.95. The van der Waals surface area contributed by atoms with Crippen LogP contribution in [-0.2, 0) is 14.4 Å². The van der Waals surface area contributed by atoms with Crippen molar-refractivity contribution in [1.29, 1.82) is 0 Å². The second-order valence-corrected chi connectivity index (χ2v) is 8.95. The van der Waals surface area contributed by atoms with E-state index in [1.807, 2.05) is 26.0 Å². The minimum Gasteiger partial charge on any atom is -0.394 e. The number of hydrogen-bond acceptors (Lipinski definition) is 4. The normalized spacial score (nSPS) is 27.7. The second kappa shape index (κ2) is 10.5. The summed E-state index contributed by atoms with van der Waals surface area (Å²) in [6.45, 7) is 3.67. The van der Waals surface area contributed by atoms with Gasteiger partial charge in [0.2, 0.25) is 17.7 Å². The van der Waals surface area contributed by atoms with Crippen LogP contribution in [0.4, 0.5) is 5.69 Å². The fourth-order valence-corrected chi connectivity index (χ4v) is 5.26. The molecule has 0 saturated carbocycles. The highest BCUT2D eigenvalue weighted by Gasteiger charge is 2.58. The summed E-state index contributed by atoms with van der Waals surface area (Å²) in [4.78, 5) is 41.5. The van der Waals surface area contributed by atoms with Crippen molar-refractivity contribution in [2.45, 2.75) is 45.2 Å². The van der Waals surface area contributed by atoms with Crippen molar-refractivity contribution in [2.24, 2.45) is 23.7 Å². The smallest absolute Gasteiger partial charge is 0.247 e. The second-order valence-electron chi connectivity index (χ2n) is 8.51. The van der Waals surface area contributed by atoms with Crippen LogP contribution in [0, 0.1) is 23.7 Å². The average Bonchev–Trinajstić information content (AvgIpc) is 3.08. The molecule has 7 nitrogen and oxygen atoms in total. The summed E-state index contributed by atoms with van der Waals surface area (Å²) in [6.07, 6.45) is 6.08. The molecule has 1 aromatic carbocycles. The molecule has 1 aromatic rings. The van der Waals surface area contributed by atoms with Crippen molar-refractivity contribution in [3.05, 3.63) is 41.4 Å². The first-order valence-electron chi connectivity index (χ1n) is 11.3. The van der Waals surface area contributed by atoms with Crippen molar-refractivity contribution in [2.75, 3.05) is 19.0 Å². The van der Waals surface area contributed by atoms with Gasteiger partial charge in [-0.05, 0) is 43.0 Å². The molecule has 1 saturated heterocycles. The van der Waals surface area contributed by atoms with Crippen molar-refractivity contribution in [3.63, 3.8) is 0 Å². The number of likely N-dealkylation sites (tertiary alicyclic amines) is 1. The molecule has 6 atom stereocenters. The Hall–Kier alpha value is -2.38. The van der Waals surface area contributed by atoms with Crippen molar-refractivity contribution in [3.8, 4) is 0 Å². The molecule has 3 N–H and O–H groups in total. The lowest BCUT2D eigenvalue weighted by atomic mass is 9.68. The summed E-state index contributed by atoms with van der Waals surface area (Å²) in [5.41, 5.74) is 0.568. The van der Waals surface area contributed by atoms with Gasteiger partial charge in [-0.25, -0.2) is 0 Å². The molecule has 1 heterocycles. The van der Waals surface area contributed by atoms with Crippen LogP contribution in [0.5, 0.6) is 0 Å². The van der Waals surface area contributed by atoms with Crippen LogP contribution >= 0.6 is 11.6 Å². The summed E-state index contributed by atoms with van der Waals surface area (Å²) in [7, 11) is 1.57. The van der Waals surface area contributed by atoms with Crippen LogP contribution in [0.1, 0.15) is 33.1 Å². The molecule has 32 heavy (non-hydrogen) atoms. The fraction of sp³-hybridized carbons (Fsp3) is 0.542. The van der Waals surface area contributed by atoms with Gasteiger partial charge >= 0.3 is 0 Å². The molecule has 3 rings (SSSR count). The Kier molecular flexibility index (Phi) is 7.96. The van der Waals surface area contributed by atoms with Crippen LogP contribution in [-0.4, -0.2) is 53.5 Å². The number of carbonyl (C=O) groups is 3. The lowest BCUT2D eigenvalue weighted by molar-refractivity contribution is -0.142. The van der Waals surface area contributed by atoms with Crippen LogP contribution in [0.2, 0.25) is 5.02 Å². The lowest BCUT2D eigenvalue weighted by Crippen LogP contribution is -2.50. The number of carbonyl (C=O) groups excluding carboxylic acids is 3. The number of nitrogens with one attached hydrogen (secondary N) is 2. The molecule has 1 aliphatic carbocycles. The van der Waals surface area contributed by atoms with Crippen LogP contribution in [0.3, 0.4) is 0 Å². The third-order valence-corrected chi connectivity index (χ3v) is 6.93. The first-order chi connectivity index (χ1) is 15.4. The van der Waals surface area contributed by atoms with E-state index in [2.05, 4.69) is 10.6 Å². The minimum atomic E-state index is -0.814. The van der Waals surface area contributed by atoms with E-state index in [4.69, 9.17) is 11.6 Å². The van der Waals surface area contributed by atoms with Gasteiger partial charge in [0.05, 0.1) is 24.5 Å². The van der Waals surface area contributed by atoms with E-state index in [1.54, 1.807) is 31.3 Å². The van der Waals surface area contributed by atoms with Crippen LogP contribution in [0.15, 0.2) is 36.4 Å². The Morgan fingerprint density at radius 1 is 1.16 bits per heavy atom. The summed E-state index contributed by atoms with van der Waals surface area (Å²) in [5, 5.41) is 16.1. The van der Waals surface area contributed by atoms with Gasteiger partial charge in [-0.1, -0.05) is 44.0 Å². The topological polar surface area (TPSA) is 98.7 Å². The Morgan fingerprint density at radius 3 is 2.41 bits per heavy atom. The highest BCUT2D eigenvalue weighted by atomic mass is 35.5. The number of aliphatic hydroxyl groups excluding tert-OH is 1. The van der Waals surface area contributed by atoms with Gasteiger partial charge in [-0.15, -0.1) is 0 Å². The Bertz CT molecular complexity index is 869. The number of fused-ring (bicyclic) bond motifs is 1. The van der Waals surface area contributed by atoms with Crippen LogP contribution in [0.25, 0.3) is 0 Å². The summed E-state index contributed by atoms with van der Waals surface area (Å²) in [5.74, 6) is -2.48. The molecule has 0 bridgehead atoms. The number of nitrogens with zero attached hydrogens (tertiary/aromatic N) is 1. The van der Waals surface area contributed by atoms with E-state index in [1.165, 1.54) is 4.90 Å². The molecular weight excluding hydrogens is 430 g/mol. The quantitative estimate of drug-likeness (QED) is 0.518. The molecule has 0 aromatic heterocycles. The third-order valence-electron chi connectivity index (χ3n) is 6.67. The van der Waals surface area contributed by atoms with E-state index < -0.39 is 29.8 Å². The molecule has 1 fully saturated rings. The molecule has 2 aliphatic rings. The van der Waals surface area contributed by atoms with Crippen molar-refractivity contribution < 1.29 is 19.5 Å². The molecule has 1 aliphatic heterocycles. The van der Waals surface area contributed by atoms with E-state index >= 15 is 0 Å². The minimum absolute atomic E-state index is 0.0701. The van der Waals surface area contributed by atoms with E-state index in [0.717, 1.165) is 12.8 Å². The number of amides is 3. The monoisotopic (exact) mass is 461 g/mol. The highest BCUT2D eigenvalue weighted by molar-refractivity contribution is 6.30. The highest BCUT2D eigenvalue weighted by Crippen LogP contribution is 2.46. The van der Waals surface area contributed by atoms with E-state index in [-0.39, 0.29) is 30.2 Å². The van der Waals surface area contributed by atoms with Crippen LogP contribution < -0.4 is 10.6 Å². The average molecular weight is 462 g/mol. The number of hydrogen-bond donors (Lipinski definition) is 3. The first kappa shape index (κ1) is 24.3. The van der Waals surface area contributed by atoms with Crippen molar-refractivity contribution >= 4 is 35.0 Å². The lowest BCUT2D eigenvalue weighted by Gasteiger charge is -2.34. The molecule has 0 spiro atoms. The SMILES string of the molecule is CCC[C@@H]1C=C[C@H]2[C@H](C(=O)N([C@@H](CC)CO)[C@@H]2C(=O)Nc2ccc(Cl)cc2)[C@@H]1C(=O)NC. The van der Waals surface area contributed by atoms with Gasteiger partial charge < -0.3 is 20.6 Å². The zero-order chi connectivity index (χ0) is 23.4. The maximum Gasteiger partial charge on any atom is 0.247 e. The third kappa shape index (κ3) is 4.55. The number of benzene rings is 1. The van der Waals surface area contributed by atoms with Crippen molar-refractivity contribution in [1.82, 2.24) is 10.2 Å². The predicted octanol–water partition coefficient (Wildman–Crippen LogP) is 2.84. The zero-order valence-electron chi connectivity index (χ0n) is 18.8. The molecule has 0 unspecified atom stereocenters. The van der Waals surface area contributed by atoms with Gasteiger partial charge in [0.15, 0.2) is 0 Å². The summed E-state index contributed by atoms with van der Waals surface area (Å²) < 4.78 is 0. The van der Waals surface area contributed by atoms with E-state index in [9.17, 15) is 19.5 Å². The predicted molar refractivity (Wildman–Crippen MR) is 124 cm³/mol. The van der Waals surface area contributed by atoms with Gasteiger partial charge in [0.1, 0.15) is 6.04 Å². The number of rotatable bonds is 8. The van der Waals surface area contributed by atoms with Gasteiger partial charge in [0.25, 0.3) is 0 Å². The Labute approximate surface area is 194 Å². The molecule has 0 radical (unpaired) electrons. The molecule has 3 amide bonds. The number of aliphatic hydroxyl groups is 1. The number of halogens is 1. The Balaban J connectivity index is 2.01. The summed E-state index contributed by atoms with van der Waals surface area (Å²) in [6, 6.07) is 5.44. The maximum absolute atomic E-state index is 13.7. The molecule has 174 valence electrons.